The van der Waals surface area contributed by atoms with Gasteiger partial charge < -0.3 is 10.2 Å². The van der Waals surface area contributed by atoms with Crippen LogP contribution in [0.1, 0.15) is 25.5 Å². The van der Waals surface area contributed by atoms with E-state index in [1.54, 1.807) is 6.20 Å². The average Bonchev–Trinajstić information content (AvgIpc) is 2.40. The molecule has 0 saturated heterocycles. The Hall–Kier alpha value is -0.830. The highest BCUT2D eigenvalue weighted by Crippen LogP contribution is 2.57. The Morgan fingerprint density at radius 2 is 2.27 bits per heavy atom. The molecule has 0 radical (unpaired) electrons. The Balaban J connectivity index is 2.23. The summed E-state index contributed by atoms with van der Waals surface area (Å²) in [6.45, 7) is 4.29. The summed E-state index contributed by atoms with van der Waals surface area (Å²) in [5, 5.41) is 0. The van der Waals surface area contributed by atoms with Crippen LogP contribution in [0.3, 0.4) is 0 Å². The van der Waals surface area contributed by atoms with E-state index in [1.165, 1.54) is 6.39 Å². The Kier molecular flexibility index (Phi) is 1.16. The molecular formula is C8H12N2O. The van der Waals surface area contributed by atoms with Crippen LogP contribution in [-0.2, 0) is 0 Å². The second-order valence-corrected chi connectivity index (χ2v) is 3.73. The monoisotopic (exact) mass is 152 g/mol. The molecule has 1 aliphatic carbocycles. The van der Waals surface area contributed by atoms with Gasteiger partial charge in [-0.25, -0.2) is 4.98 Å². The van der Waals surface area contributed by atoms with Crippen molar-refractivity contribution in [1.82, 2.24) is 4.98 Å². The van der Waals surface area contributed by atoms with Gasteiger partial charge in [0.2, 0.25) is 0 Å². The van der Waals surface area contributed by atoms with Gasteiger partial charge in [0.15, 0.2) is 6.39 Å². The molecule has 0 amide bonds. The Morgan fingerprint density at radius 1 is 1.64 bits per heavy atom. The number of hydrogen-bond donors (Lipinski definition) is 1. The van der Waals surface area contributed by atoms with E-state index in [0.717, 1.165) is 5.76 Å². The number of nitrogens with two attached hydrogens (primary N) is 1. The third kappa shape index (κ3) is 0.807. The van der Waals surface area contributed by atoms with Gasteiger partial charge in [-0.1, -0.05) is 13.8 Å². The van der Waals surface area contributed by atoms with Gasteiger partial charge in [-0.15, -0.1) is 0 Å². The summed E-state index contributed by atoms with van der Waals surface area (Å²) in [5.74, 6) is 1.28. The van der Waals surface area contributed by atoms with Crippen LogP contribution >= 0.6 is 0 Å². The SMILES string of the molecule is CC1(C)[C@H](N)[C@H]1c1cnco1. The predicted octanol–water partition coefficient (Wildman–Crippen LogP) is 1.13. The van der Waals surface area contributed by atoms with Crippen LogP contribution in [0.4, 0.5) is 0 Å². The maximum Gasteiger partial charge on any atom is 0.180 e. The predicted molar refractivity (Wildman–Crippen MR) is 41.0 cm³/mol. The minimum atomic E-state index is 0.194. The van der Waals surface area contributed by atoms with Crippen molar-refractivity contribution in [2.45, 2.75) is 25.8 Å². The third-order valence-corrected chi connectivity index (χ3v) is 2.67. The summed E-state index contributed by atoms with van der Waals surface area (Å²) < 4.78 is 5.17. The topological polar surface area (TPSA) is 52.0 Å². The molecule has 0 aromatic carbocycles. The van der Waals surface area contributed by atoms with Gasteiger partial charge in [0.1, 0.15) is 5.76 Å². The molecule has 3 nitrogen and oxygen atoms in total. The molecule has 0 spiro atoms. The lowest BCUT2D eigenvalue weighted by atomic mass is 10.1. The summed E-state index contributed by atoms with van der Waals surface area (Å²) in [5.41, 5.74) is 6.04. The van der Waals surface area contributed by atoms with E-state index in [1.807, 2.05) is 0 Å². The number of oxazole rings is 1. The van der Waals surface area contributed by atoms with Crippen molar-refractivity contribution in [1.29, 1.82) is 0 Å². The highest BCUT2D eigenvalue weighted by molar-refractivity contribution is 5.25. The fourth-order valence-corrected chi connectivity index (χ4v) is 1.60. The molecule has 1 heterocycles. The zero-order valence-corrected chi connectivity index (χ0v) is 6.74. The van der Waals surface area contributed by atoms with Crippen molar-refractivity contribution >= 4 is 0 Å². The number of hydrogen-bond acceptors (Lipinski definition) is 3. The first-order valence-electron chi connectivity index (χ1n) is 3.78. The summed E-state index contributed by atoms with van der Waals surface area (Å²) in [4.78, 5) is 3.86. The number of rotatable bonds is 1. The van der Waals surface area contributed by atoms with Crippen LogP contribution in [0.5, 0.6) is 0 Å². The fourth-order valence-electron chi connectivity index (χ4n) is 1.60. The molecule has 0 aliphatic heterocycles. The largest absolute Gasteiger partial charge is 0.448 e. The highest BCUT2D eigenvalue weighted by Gasteiger charge is 2.58. The Labute approximate surface area is 65.6 Å². The quantitative estimate of drug-likeness (QED) is 0.656. The van der Waals surface area contributed by atoms with Crippen LogP contribution in [0.2, 0.25) is 0 Å². The summed E-state index contributed by atoms with van der Waals surface area (Å²) in [6, 6.07) is 0.232. The van der Waals surface area contributed by atoms with Crippen LogP contribution in [0, 0.1) is 5.41 Å². The standard InChI is InChI=1S/C8H12N2O/c1-8(2)6(7(8)9)5-3-10-4-11-5/h3-4,6-7H,9H2,1-2H3/t6-,7-/m1/s1. The maximum absolute atomic E-state index is 5.85. The lowest BCUT2D eigenvalue weighted by Gasteiger charge is -1.96. The Morgan fingerprint density at radius 3 is 2.64 bits per heavy atom. The van der Waals surface area contributed by atoms with Gasteiger partial charge >= 0.3 is 0 Å². The van der Waals surface area contributed by atoms with E-state index in [0.29, 0.717) is 5.92 Å². The van der Waals surface area contributed by atoms with Crippen LogP contribution < -0.4 is 5.73 Å². The van der Waals surface area contributed by atoms with Crippen molar-refractivity contribution in [2.75, 3.05) is 0 Å². The van der Waals surface area contributed by atoms with Crippen molar-refractivity contribution in [2.24, 2.45) is 11.1 Å². The van der Waals surface area contributed by atoms with Gasteiger partial charge in [0.05, 0.1) is 6.20 Å². The molecular weight excluding hydrogens is 140 g/mol. The highest BCUT2D eigenvalue weighted by atomic mass is 16.3. The lowest BCUT2D eigenvalue weighted by molar-refractivity contribution is 0.478. The fraction of sp³-hybridized carbons (Fsp3) is 0.625. The zero-order valence-electron chi connectivity index (χ0n) is 6.74. The van der Waals surface area contributed by atoms with Gasteiger partial charge in [0, 0.05) is 12.0 Å². The summed E-state index contributed by atoms with van der Waals surface area (Å²) in [6.07, 6.45) is 3.20. The van der Waals surface area contributed by atoms with Gasteiger partial charge in [0.25, 0.3) is 0 Å². The van der Waals surface area contributed by atoms with Crippen molar-refractivity contribution < 1.29 is 4.42 Å². The van der Waals surface area contributed by atoms with Crippen LogP contribution in [0.25, 0.3) is 0 Å². The molecule has 3 heteroatoms. The van der Waals surface area contributed by atoms with E-state index >= 15 is 0 Å². The first-order valence-corrected chi connectivity index (χ1v) is 3.78. The zero-order chi connectivity index (χ0) is 8.06. The number of aromatic nitrogens is 1. The minimum absolute atomic E-state index is 0.194. The second kappa shape index (κ2) is 1.85. The molecule has 1 aromatic rings. The molecule has 1 fully saturated rings. The first-order chi connectivity index (χ1) is 5.14. The van der Waals surface area contributed by atoms with E-state index in [4.69, 9.17) is 10.2 Å². The molecule has 11 heavy (non-hydrogen) atoms. The van der Waals surface area contributed by atoms with Crippen molar-refractivity contribution in [3.63, 3.8) is 0 Å². The van der Waals surface area contributed by atoms with E-state index < -0.39 is 0 Å². The second-order valence-electron chi connectivity index (χ2n) is 3.73. The van der Waals surface area contributed by atoms with E-state index in [9.17, 15) is 0 Å². The Bertz CT molecular complexity index is 253. The smallest absolute Gasteiger partial charge is 0.180 e. The van der Waals surface area contributed by atoms with Crippen molar-refractivity contribution in [3.05, 3.63) is 18.4 Å². The maximum atomic E-state index is 5.85. The molecule has 1 aliphatic rings. The van der Waals surface area contributed by atoms with Gasteiger partial charge in [-0.05, 0) is 5.41 Å². The van der Waals surface area contributed by atoms with E-state index in [-0.39, 0.29) is 11.5 Å². The molecule has 2 atom stereocenters. The number of nitrogens with zero attached hydrogens (tertiary/aromatic N) is 1. The van der Waals surface area contributed by atoms with E-state index in [2.05, 4.69) is 18.8 Å². The summed E-state index contributed by atoms with van der Waals surface area (Å²) in [7, 11) is 0. The van der Waals surface area contributed by atoms with Crippen molar-refractivity contribution in [3.8, 4) is 0 Å². The normalized spacial score (nSPS) is 33.7. The first kappa shape index (κ1) is 6.85. The molecule has 2 rings (SSSR count). The molecule has 60 valence electrons. The molecule has 0 bridgehead atoms. The molecule has 2 N–H and O–H groups in total. The van der Waals surface area contributed by atoms with Crippen LogP contribution in [-0.4, -0.2) is 11.0 Å². The minimum Gasteiger partial charge on any atom is -0.448 e. The molecule has 1 saturated carbocycles. The van der Waals surface area contributed by atoms with Gasteiger partial charge in [-0.3, -0.25) is 0 Å². The van der Waals surface area contributed by atoms with Gasteiger partial charge in [-0.2, -0.15) is 0 Å². The van der Waals surface area contributed by atoms with Crippen LogP contribution in [0.15, 0.2) is 17.0 Å². The average molecular weight is 152 g/mol. The molecule has 1 aromatic heterocycles. The third-order valence-electron chi connectivity index (χ3n) is 2.67. The molecule has 0 unspecified atom stereocenters. The lowest BCUT2D eigenvalue weighted by Crippen LogP contribution is -2.06. The summed E-state index contributed by atoms with van der Waals surface area (Å²) >= 11 is 0.